The molecule has 92 valence electrons. The van der Waals surface area contributed by atoms with Gasteiger partial charge in [-0.25, -0.2) is 0 Å². The van der Waals surface area contributed by atoms with Crippen LogP contribution in [0.4, 0.5) is 0 Å². The van der Waals surface area contributed by atoms with Crippen LogP contribution < -0.4 is 11.1 Å². The SMILES string of the molecule is CCC1CC1NC(=O)[C@H](N)Cc1ccccc1. The lowest BCUT2D eigenvalue weighted by Gasteiger charge is -2.12. The average Bonchev–Trinajstić information content (AvgIpc) is 3.08. The highest BCUT2D eigenvalue weighted by Crippen LogP contribution is 2.33. The van der Waals surface area contributed by atoms with Gasteiger partial charge in [0, 0.05) is 6.04 Å². The predicted molar refractivity (Wildman–Crippen MR) is 68.5 cm³/mol. The molecule has 0 spiro atoms. The first-order valence-electron chi connectivity index (χ1n) is 6.30. The molecule has 0 aromatic heterocycles. The Morgan fingerprint density at radius 2 is 2.18 bits per heavy atom. The van der Waals surface area contributed by atoms with Crippen LogP contribution in [0, 0.1) is 5.92 Å². The van der Waals surface area contributed by atoms with Crippen molar-refractivity contribution in [3.8, 4) is 0 Å². The van der Waals surface area contributed by atoms with E-state index in [4.69, 9.17) is 5.73 Å². The van der Waals surface area contributed by atoms with Crippen LogP contribution in [0.2, 0.25) is 0 Å². The molecule has 3 nitrogen and oxygen atoms in total. The van der Waals surface area contributed by atoms with Crippen molar-refractivity contribution in [1.82, 2.24) is 5.32 Å². The zero-order valence-corrected chi connectivity index (χ0v) is 10.2. The molecule has 2 rings (SSSR count). The van der Waals surface area contributed by atoms with E-state index in [2.05, 4.69) is 12.2 Å². The van der Waals surface area contributed by atoms with Gasteiger partial charge in [0.15, 0.2) is 0 Å². The molecule has 1 aromatic carbocycles. The molecule has 1 fully saturated rings. The number of nitrogens with one attached hydrogen (secondary N) is 1. The second kappa shape index (κ2) is 5.32. The largest absolute Gasteiger partial charge is 0.352 e. The standard InChI is InChI=1S/C14H20N2O/c1-2-11-9-13(11)16-14(17)12(15)8-10-6-4-3-5-7-10/h3-7,11-13H,2,8-9,15H2,1H3,(H,16,17)/t11?,12-,13?/m1/s1. The fourth-order valence-electron chi connectivity index (χ4n) is 2.13. The van der Waals surface area contributed by atoms with Crippen LogP contribution in [0.1, 0.15) is 25.3 Å². The first-order chi connectivity index (χ1) is 8.20. The molecule has 3 heteroatoms. The minimum Gasteiger partial charge on any atom is -0.352 e. The molecule has 1 amide bonds. The Balaban J connectivity index is 1.80. The average molecular weight is 232 g/mol. The molecule has 1 aliphatic carbocycles. The van der Waals surface area contributed by atoms with Crippen LogP contribution in [-0.2, 0) is 11.2 Å². The molecule has 1 aliphatic rings. The quantitative estimate of drug-likeness (QED) is 0.807. The number of hydrogen-bond acceptors (Lipinski definition) is 2. The van der Waals surface area contributed by atoms with Gasteiger partial charge >= 0.3 is 0 Å². The van der Waals surface area contributed by atoms with Gasteiger partial charge in [-0.05, 0) is 24.3 Å². The summed E-state index contributed by atoms with van der Waals surface area (Å²) in [6, 6.07) is 9.83. The van der Waals surface area contributed by atoms with E-state index < -0.39 is 6.04 Å². The van der Waals surface area contributed by atoms with Gasteiger partial charge in [-0.2, -0.15) is 0 Å². The molecule has 0 saturated heterocycles. The van der Waals surface area contributed by atoms with Crippen molar-refractivity contribution >= 4 is 5.91 Å². The smallest absolute Gasteiger partial charge is 0.237 e. The van der Waals surface area contributed by atoms with Crippen molar-refractivity contribution in [1.29, 1.82) is 0 Å². The van der Waals surface area contributed by atoms with Crippen LogP contribution in [0.3, 0.4) is 0 Å². The van der Waals surface area contributed by atoms with Crippen molar-refractivity contribution in [3.05, 3.63) is 35.9 Å². The number of hydrogen-bond donors (Lipinski definition) is 2. The topological polar surface area (TPSA) is 55.1 Å². The van der Waals surface area contributed by atoms with Gasteiger partial charge in [-0.15, -0.1) is 0 Å². The molecule has 2 unspecified atom stereocenters. The summed E-state index contributed by atoms with van der Waals surface area (Å²) in [6.45, 7) is 2.15. The number of rotatable bonds is 5. The van der Waals surface area contributed by atoms with E-state index in [1.54, 1.807) is 0 Å². The van der Waals surface area contributed by atoms with Gasteiger partial charge in [0.1, 0.15) is 0 Å². The molecule has 0 bridgehead atoms. The summed E-state index contributed by atoms with van der Waals surface area (Å²) in [5.41, 5.74) is 7.01. The number of carbonyl (C=O) groups excluding carboxylic acids is 1. The third-order valence-corrected chi connectivity index (χ3v) is 3.41. The van der Waals surface area contributed by atoms with Crippen LogP contribution in [0.25, 0.3) is 0 Å². The Kier molecular flexibility index (Phi) is 3.79. The Bertz CT molecular complexity index is 377. The van der Waals surface area contributed by atoms with Crippen LogP contribution in [0.5, 0.6) is 0 Å². The van der Waals surface area contributed by atoms with Crippen molar-refractivity contribution in [2.45, 2.75) is 38.3 Å². The van der Waals surface area contributed by atoms with Crippen LogP contribution in [-0.4, -0.2) is 18.0 Å². The normalized spacial score (nSPS) is 24.1. The minimum absolute atomic E-state index is 0.0187. The molecule has 1 saturated carbocycles. The van der Waals surface area contributed by atoms with Crippen molar-refractivity contribution in [2.24, 2.45) is 11.7 Å². The molecular formula is C14H20N2O. The first kappa shape index (κ1) is 12.1. The summed E-state index contributed by atoms with van der Waals surface area (Å²) in [7, 11) is 0. The zero-order chi connectivity index (χ0) is 12.3. The van der Waals surface area contributed by atoms with E-state index in [0.717, 1.165) is 18.4 Å². The van der Waals surface area contributed by atoms with Crippen molar-refractivity contribution < 1.29 is 4.79 Å². The Hall–Kier alpha value is -1.35. The fraction of sp³-hybridized carbons (Fsp3) is 0.500. The van der Waals surface area contributed by atoms with Crippen LogP contribution >= 0.6 is 0 Å². The third kappa shape index (κ3) is 3.30. The van der Waals surface area contributed by atoms with E-state index in [0.29, 0.717) is 18.4 Å². The molecule has 0 radical (unpaired) electrons. The fourth-order valence-corrected chi connectivity index (χ4v) is 2.13. The third-order valence-electron chi connectivity index (χ3n) is 3.41. The molecule has 0 aliphatic heterocycles. The predicted octanol–water partition coefficient (Wildman–Crippen LogP) is 1.47. The maximum atomic E-state index is 11.8. The summed E-state index contributed by atoms with van der Waals surface area (Å²) in [5, 5.41) is 3.01. The highest BCUT2D eigenvalue weighted by Gasteiger charge is 2.37. The van der Waals surface area contributed by atoms with E-state index >= 15 is 0 Å². The number of carbonyl (C=O) groups is 1. The highest BCUT2D eigenvalue weighted by molar-refractivity contribution is 5.82. The summed E-state index contributed by atoms with van der Waals surface area (Å²) >= 11 is 0. The lowest BCUT2D eigenvalue weighted by Crippen LogP contribution is -2.43. The summed E-state index contributed by atoms with van der Waals surface area (Å²) in [4.78, 5) is 11.8. The van der Waals surface area contributed by atoms with Gasteiger partial charge in [-0.3, -0.25) is 4.79 Å². The second-order valence-corrected chi connectivity index (χ2v) is 4.82. The summed E-state index contributed by atoms with van der Waals surface area (Å²) < 4.78 is 0. The van der Waals surface area contributed by atoms with Gasteiger partial charge in [0.25, 0.3) is 0 Å². The van der Waals surface area contributed by atoms with Gasteiger partial charge < -0.3 is 11.1 Å². The monoisotopic (exact) mass is 232 g/mol. The molecular weight excluding hydrogens is 212 g/mol. The Morgan fingerprint density at radius 3 is 2.76 bits per heavy atom. The van der Waals surface area contributed by atoms with Crippen molar-refractivity contribution in [2.75, 3.05) is 0 Å². The van der Waals surface area contributed by atoms with Crippen molar-refractivity contribution in [3.63, 3.8) is 0 Å². The molecule has 1 aromatic rings. The van der Waals surface area contributed by atoms with Gasteiger partial charge in [0.05, 0.1) is 6.04 Å². The Morgan fingerprint density at radius 1 is 1.47 bits per heavy atom. The second-order valence-electron chi connectivity index (χ2n) is 4.82. The van der Waals surface area contributed by atoms with Gasteiger partial charge in [-0.1, -0.05) is 43.7 Å². The summed E-state index contributed by atoms with van der Waals surface area (Å²) in [6.07, 6.45) is 2.86. The maximum absolute atomic E-state index is 11.8. The maximum Gasteiger partial charge on any atom is 0.237 e. The van der Waals surface area contributed by atoms with E-state index in [-0.39, 0.29) is 5.91 Å². The highest BCUT2D eigenvalue weighted by atomic mass is 16.2. The van der Waals surface area contributed by atoms with E-state index in [9.17, 15) is 4.79 Å². The summed E-state index contributed by atoms with van der Waals surface area (Å²) in [5.74, 6) is 0.651. The van der Waals surface area contributed by atoms with Gasteiger partial charge in [0.2, 0.25) is 5.91 Å². The molecule has 17 heavy (non-hydrogen) atoms. The number of nitrogens with two attached hydrogens (primary N) is 1. The first-order valence-corrected chi connectivity index (χ1v) is 6.30. The Labute approximate surface area is 102 Å². The van der Waals surface area contributed by atoms with Crippen LogP contribution in [0.15, 0.2) is 30.3 Å². The molecule has 3 atom stereocenters. The lowest BCUT2D eigenvalue weighted by molar-refractivity contribution is -0.122. The van der Waals surface area contributed by atoms with E-state index in [1.165, 1.54) is 0 Å². The number of benzene rings is 1. The molecule has 3 N–H and O–H groups in total. The van der Waals surface area contributed by atoms with E-state index in [1.807, 2.05) is 30.3 Å². The number of amides is 1. The zero-order valence-electron chi connectivity index (χ0n) is 10.2. The molecule has 0 heterocycles. The lowest BCUT2D eigenvalue weighted by atomic mass is 10.1. The minimum atomic E-state index is -0.435.